The molecule has 2 atom stereocenters. The van der Waals surface area contributed by atoms with E-state index in [9.17, 15) is 4.79 Å². The number of likely N-dealkylation sites (N-methyl/N-ethyl adjacent to an activating group) is 1. The summed E-state index contributed by atoms with van der Waals surface area (Å²) in [6, 6.07) is 3.89. The van der Waals surface area contributed by atoms with Crippen LogP contribution in [0.4, 0.5) is 5.82 Å². The number of nitrogens with one attached hydrogen (secondary N) is 1. The van der Waals surface area contributed by atoms with Crippen molar-refractivity contribution in [2.24, 2.45) is 5.92 Å². The number of amides is 1. The minimum Gasteiger partial charge on any atom is -0.354 e. The van der Waals surface area contributed by atoms with Gasteiger partial charge in [0.15, 0.2) is 0 Å². The lowest BCUT2D eigenvalue weighted by atomic mass is 9.92. The van der Waals surface area contributed by atoms with Crippen molar-refractivity contribution >= 4 is 34.4 Å². The van der Waals surface area contributed by atoms with Crippen LogP contribution in [0, 0.1) is 17.2 Å². The number of halogens is 1. The van der Waals surface area contributed by atoms with Crippen molar-refractivity contribution in [3.05, 3.63) is 17.5 Å². The van der Waals surface area contributed by atoms with E-state index in [1.165, 1.54) is 0 Å². The fourth-order valence-electron chi connectivity index (χ4n) is 3.26. The monoisotopic (exact) mass is 346 g/mol. The van der Waals surface area contributed by atoms with Gasteiger partial charge in [-0.3, -0.25) is 4.79 Å². The maximum Gasteiger partial charge on any atom is 0.236 e. The highest BCUT2D eigenvalue weighted by atomic mass is 35.5. The average Bonchev–Trinajstić information content (AvgIpc) is 3.02. The molecule has 8 heteroatoms. The highest BCUT2D eigenvalue weighted by Gasteiger charge is 2.32. The third-order valence-corrected chi connectivity index (χ3v) is 4.88. The second kappa shape index (κ2) is 6.65. The number of rotatable bonds is 3. The number of carbonyl (C=O) groups excluding carboxylic acids is 1. The number of aromatic amines is 1. The number of nitriles is 1. The molecule has 0 bridgehead atoms. The molecule has 1 amide bonds. The van der Waals surface area contributed by atoms with Gasteiger partial charge < -0.3 is 14.8 Å². The summed E-state index contributed by atoms with van der Waals surface area (Å²) in [5.41, 5.74) is 0.703. The van der Waals surface area contributed by atoms with E-state index in [0.717, 1.165) is 24.2 Å². The Hall–Kier alpha value is -2.33. The number of carbonyl (C=O) groups is 1. The molecule has 3 heterocycles. The molecule has 2 aromatic rings. The van der Waals surface area contributed by atoms with Crippen LogP contribution in [0.2, 0.25) is 5.28 Å². The zero-order chi connectivity index (χ0) is 17.3. The molecule has 1 saturated heterocycles. The standard InChI is InChI=1S/C16H19ClN6O/c1-10-5-8-23(9-12(10)22(2)13(24)3-6-18)15-11-4-7-19-14(11)20-16(17)21-15/h4,7,10,12H,3,5,8-9H2,1-2H3,(H,19,20,21)/t10-,12+/m1/s1. The predicted molar refractivity (Wildman–Crippen MR) is 91.7 cm³/mol. The van der Waals surface area contributed by atoms with Gasteiger partial charge in [0, 0.05) is 26.3 Å². The van der Waals surface area contributed by atoms with E-state index < -0.39 is 0 Å². The Balaban J connectivity index is 1.88. The number of H-pyrrole nitrogens is 1. The first-order chi connectivity index (χ1) is 11.5. The summed E-state index contributed by atoms with van der Waals surface area (Å²) >= 11 is 6.05. The van der Waals surface area contributed by atoms with Gasteiger partial charge in [-0.25, -0.2) is 0 Å². The third kappa shape index (κ3) is 3.02. The zero-order valence-corrected chi connectivity index (χ0v) is 14.4. The molecule has 3 rings (SSSR count). The van der Waals surface area contributed by atoms with Crippen LogP contribution < -0.4 is 4.90 Å². The molecule has 0 radical (unpaired) electrons. The second-order valence-electron chi connectivity index (χ2n) is 6.18. The zero-order valence-electron chi connectivity index (χ0n) is 13.7. The molecule has 0 unspecified atom stereocenters. The number of aromatic nitrogens is 3. The summed E-state index contributed by atoms with van der Waals surface area (Å²) < 4.78 is 0. The van der Waals surface area contributed by atoms with Crippen molar-refractivity contribution in [2.75, 3.05) is 25.0 Å². The second-order valence-corrected chi connectivity index (χ2v) is 6.51. The number of hydrogen-bond donors (Lipinski definition) is 1. The van der Waals surface area contributed by atoms with Gasteiger partial charge in [-0.2, -0.15) is 15.2 Å². The highest BCUT2D eigenvalue weighted by Crippen LogP contribution is 2.30. The van der Waals surface area contributed by atoms with Crippen LogP contribution in [0.5, 0.6) is 0 Å². The molecule has 7 nitrogen and oxygen atoms in total. The molecule has 0 saturated carbocycles. The first kappa shape index (κ1) is 16.5. The third-order valence-electron chi connectivity index (χ3n) is 4.71. The summed E-state index contributed by atoms with van der Waals surface area (Å²) in [6.07, 6.45) is 2.65. The van der Waals surface area contributed by atoms with Crippen molar-refractivity contribution in [3.8, 4) is 6.07 Å². The Labute approximate surface area is 145 Å². The predicted octanol–water partition coefficient (Wildman–Crippen LogP) is 2.20. The lowest BCUT2D eigenvalue weighted by Crippen LogP contribution is -2.52. The van der Waals surface area contributed by atoms with Gasteiger partial charge in [0.05, 0.1) is 17.5 Å². The minimum absolute atomic E-state index is 0.0299. The molecule has 0 spiro atoms. The van der Waals surface area contributed by atoms with E-state index in [1.807, 2.05) is 18.3 Å². The Morgan fingerprint density at radius 2 is 2.38 bits per heavy atom. The lowest BCUT2D eigenvalue weighted by molar-refractivity contribution is -0.131. The van der Waals surface area contributed by atoms with Gasteiger partial charge in [0.2, 0.25) is 11.2 Å². The van der Waals surface area contributed by atoms with Crippen LogP contribution >= 0.6 is 11.6 Å². The van der Waals surface area contributed by atoms with Gasteiger partial charge >= 0.3 is 0 Å². The van der Waals surface area contributed by atoms with Crippen LogP contribution in [0.3, 0.4) is 0 Å². The first-order valence-electron chi connectivity index (χ1n) is 7.89. The molecule has 1 fully saturated rings. The summed E-state index contributed by atoms with van der Waals surface area (Å²) in [6.45, 7) is 3.63. The van der Waals surface area contributed by atoms with Crippen molar-refractivity contribution in [2.45, 2.75) is 25.8 Å². The number of fused-ring (bicyclic) bond motifs is 1. The number of hydrogen-bond acceptors (Lipinski definition) is 5. The Bertz CT molecular complexity index is 797. The van der Waals surface area contributed by atoms with Crippen LogP contribution in [0.15, 0.2) is 12.3 Å². The van der Waals surface area contributed by atoms with Crippen LogP contribution in [-0.2, 0) is 4.79 Å². The van der Waals surface area contributed by atoms with E-state index in [0.29, 0.717) is 18.1 Å². The number of nitrogens with zero attached hydrogens (tertiary/aromatic N) is 5. The number of piperidine rings is 1. The fraction of sp³-hybridized carbons (Fsp3) is 0.500. The molecule has 1 aliphatic heterocycles. The Morgan fingerprint density at radius 1 is 1.58 bits per heavy atom. The van der Waals surface area contributed by atoms with E-state index in [2.05, 4.69) is 26.8 Å². The van der Waals surface area contributed by atoms with Crippen LogP contribution in [-0.4, -0.2) is 51.9 Å². The molecule has 2 aromatic heterocycles. The highest BCUT2D eigenvalue weighted by molar-refractivity contribution is 6.28. The first-order valence-corrected chi connectivity index (χ1v) is 8.27. The minimum atomic E-state index is -0.149. The smallest absolute Gasteiger partial charge is 0.236 e. The van der Waals surface area contributed by atoms with Crippen molar-refractivity contribution in [1.29, 1.82) is 5.26 Å². The molecule has 24 heavy (non-hydrogen) atoms. The largest absolute Gasteiger partial charge is 0.354 e. The summed E-state index contributed by atoms with van der Waals surface area (Å²) in [5, 5.41) is 9.88. The van der Waals surface area contributed by atoms with Gasteiger partial charge in [-0.15, -0.1) is 0 Å². The maximum atomic E-state index is 12.1. The molecular formula is C16H19ClN6O. The Morgan fingerprint density at radius 3 is 3.12 bits per heavy atom. The molecule has 126 valence electrons. The van der Waals surface area contributed by atoms with Gasteiger partial charge in [0.25, 0.3) is 0 Å². The van der Waals surface area contributed by atoms with Crippen LogP contribution in [0.25, 0.3) is 11.0 Å². The normalized spacial score (nSPS) is 20.8. The van der Waals surface area contributed by atoms with Crippen LogP contribution in [0.1, 0.15) is 19.8 Å². The average molecular weight is 347 g/mol. The van der Waals surface area contributed by atoms with E-state index >= 15 is 0 Å². The molecule has 1 aliphatic rings. The fourth-order valence-corrected chi connectivity index (χ4v) is 3.43. The van der Waals surface area contributed by atoms with Crippen molar-refractivity contribution in [3.63, 3.8) is 0 Å². The lowest BCUT2D eigenvalue weighted by Gasteiger charge is -2.42. The summed E-state index contributed by atoms with van der Waals surface area (Å²) in [7, 11) is 1.77. The topological polar surface area (TPSA) is 88.9 Å². The van der Waals surface area contributed by atoms with E-state index in [4.69, 9.17) is 16.9 Å². The molecule has 0 aliphatic carbocycles. The number of anilines is 1. The van der Waals surface area contributed by atoms with Gasteiger partial charge in [0.1, 0.15) is 17.9 Å². The van der Waals surface area contributed by atoms with Gasteiger partial charge in [-0.05, 0) is 30.0 Å². The maximum absolute atomic E-state index is 12.1. The van der Waals surface area contributed by atoms with E-state index in [-0.39, 0.29) is 23.7 Å². The SMILES string of the molecule is C[C@@H]1CCN(c2nc(Cl)nc3[nH]ccc23)C[C@@H]1N(C)C(=O)CC#N. The van der Waals surface area contributed by atoms with E-state index in [1.54, 1.807) is 11.9 Å². The van der Waals surface area contributed by atoms with Crippen molar-refractivity contribution in [1.82, 2.24) is 19.9 Å². The van der Waals surface area contributed by atoms with Crippen molar-refractivity contribution < 1.29 is 4.79 Å². The molecule has 0 aromatic carbocycles. The van der Waals surface area contributed by atoms with Gasteiger partial charge in [-0.1, -0.05) is 6.92 Å². The Kier molecular flexibility index (Phi) is 4.58. The summed E-state index contributed by atoms with van der Waals surface area (Å²) in [5.74, 6) is 0.987. The molecular weight excluding hydrogens is 328 g/mol. The molecule has 1 N–H and O–H groups in total. The quantitative estimate of drug-likeness (QED) is 0.860. The summed E-state index contributed by atoms with van der Waals surface area (Å²) in [4.78, 5) is 27.6.